The molecule has 5 nitrogen and oxygen atoms in total. The largest absolute Gasteiger partial charge is 0.301 e. The van der Waals surface area contributed by atoms with Crippen molar-refractivity contribution in [2.24, 2.45) is 0 Å². The summed E-state index contributed by atoms with van der Waals surface area (Å²) < 4.78 is 28.0. The Morgan fingerprint density at radius 1 is 1.18 bits per heavy atom. The monoisotopic (exact) mass is 458 g/mol. The van der Waals surface area contributed by atoms with Gasteiger partial charge in [-0.1, -0.05) is 48.2 Å². The molecular weight excluding hydrogens is 442 g/mol. The fourth-order valence-corrected chi connectivity index (χ4v) is 5.73. The summed E-state index contributed by atoms with van der Waals surface area (Å²) in [5.41, 5.74) is 0.928. The van der Waals surface area contributed by atoms with E-state index in [1.54, 1.807) is 17.1 Å². The minimum Gasteiger partial charge on any atom is -0.301 e. The summed E-state index contributed by atoms with van der Waals surface area (Å²) >= 11 is 5.70. The average Bonchev–Trinajstić information content (AvgIpc) is 3.32. The van der Waals surface area contributed by atoms with Gasteiger partial charge < -0.3 is 5.32 Å². The number of hydrogen-bond acceptors (Lipinski definition) is 8. The van der Waals surface area contributed by atoms with Gasteiger partial charge in [-0.05, 0) is 24.6 Å². The highest BCUT2D eigenvalue weighted by Crippen LogP contribution is 2.30. The normalized spacial score (nSPS) is 11.0. The number of carbonyl (C=O) groups excluding carboxylic acids is 1. The van der Waals surface area contributed by atoms with Crippen LogP contribution in [0.5, 0.6) is 0 Å². The lowest BCUT2D eigenvalue weighted by atomic mass is 10.2. The zero-order chi connectivity index (χ0) is 19.9. The lowest BCUT2D eigenvalue weighted by Gasteiger charge is -2.00. The number of nitrogens with one attached hydrogen (secondary N) is 1. The number of carbonyl (C=O) groups is 1. The van der Waals surface area contributed by atoms with Crippen molar-refractivity contribution in [3.8, 4) is 11.3 Å². The van der Waals surface area contributed by atoms with Crippen LogP contribution >= 0.6 is 46.2 Å². The van der Waals surface area contributed by atoms with Gasteiger partial charge in [-0.25, -0.2) is 13.8 Å². The van der Waals surface area contributed by atoms with Gasteiger partial charge in [-0.3, -0.25) is 4.79 Å². The van der Waals surface area contributed by atoms with Gasteiger partial charge in [0.25, 0.3) is 0 Å². The Hall–Kier alpha value is -1.56. The van der Waals surface area contributed by atoms with Crippen molar-refractivity contribution in [2.45, 2.75) is 28.4 Å². The molecule has 11 heteroatoms. The van der Waals surface area contributed by atoms with Gasteiger partial charge in [-0.15, -0.1) is 21.5 Å². The van der Waals surface area contributed by atoms with E-state index < -0.39 is 11.6 Å². The zero-order valence-corrected chi connectivity index (χ0v) is 18.0. The molecule has 0 aliphatic rings. The minimum absolute atomic E-state index is 0.189. The van der Waals surface area contributed by atoms with E-state index in [2.05, 4.69) is 27.4 Å². The average molecular weight is 459 g/mol. The van der Waals surface area contributed by atoms with Crippen molar-refractivity contribution in [1.29, 1.82) is 0 Å². The maximum atomic E-state index is 13.3. The molecule has 3 rings (SSSR count). The molecule has 0 radical (unpaired) electrons. The number of hydrogen-bond donors (Lipinski definition) is 1. The number of benzene rings is 1. The zero-order valence-electron chi connectivity index (χ0n) is 14.8. The number of thioether (sulfide) groups is 2. The van der Waals surface area contributed by atoms with Gasteiger partial charge in [-0.2, -0.15) is 0 Å². The highest BCUT2D eigenvalue weighted by molar-refractivity contribution is 8.03. The first-order valence-electron chi connectivity index (χ1n) is 8.35. The smallest absolute Gasteiger partial charge is 0.236 e. The predicted molar refractivity (Wildman–Crippen MR) is 112 cm³/mol. The van der Waals surface area contributed by atoms with Crippen LogP contribution in [0.1, 0.15) is 19.8 Å². The number of rotatable bonds is 9. The third-order valence-electron chi connectivity index (χ3n) is 3.40. The van der Waals surface area contributed by atoms with Crippen LogP contribution in [-0.4, -0.2) is 32.6 Å². The molecule has 0 spiro atoms. The van der Waals surface area contributed by atoms with E-state index in [1.165, 1.54) is 40.5 Å². The third-order valence-corrected chi connectivity index (χ3v) is 7.44. The van der Waals surface area contributed by atoms with Gasteiger partial charge in [0.15, 0.2) is 25.4 Å². The predicted octanol–water partition coefficient (Wildman–Crippen LogP) is 5.56. The maximum Gasteiger partial charge on any atom is 0.236 e. The summed E-state index contributed by atoms with van der Waals surface area (Å²) in [5, 5.41) is 13.0. The highest BCUT2D eigenvalue weighted by Gasteiger charge is 2.12. The van der Waals surface area contributed by atoms with Crippen molar-refractivity contribution in [3.05, 3.63) is 35.2 Å². The van der Waals surface area contributed by atoms with E-state index in [-0.39, 0.29) is 11.7 Å². The van der Waals surface area contributed by atoms with Crippen LogP contribution in [0.15, 0.2) is 32.3 Å². The summed E-state index contributed by atoms with van der Waals surface area (Å²) in [5.74, 6) is -0.855. The van der Waals surface area contributed by atoms with Crippen molar-refractivity contribution in [1.82, 2.24) is 15.2 Å². The Bertz CT molecular complexity index is 947. The molecule has 0 saturated heterocycles. The molecule has 0 aliphatic heterocycles. The van der Waals surface area contributed by atoms with E-state index in [0.717, 1.165) is 39.4 Å². The van der Waals surface area contributed by atoms with Crippen molar-refractivity contribution in [2.75, 3.05) is 16.8 Å². The minimum atomic E-state index is -0.934. The molecule has 0 bridgehead atoms. The first-order valence-corrected chi connectivity index (χ1v) is 12.0. The van der Waals surface area contributed by atoms with Crippen molar-refractivity contribution in [3.63, 3.8) is 0 Å². The lowest BCUT2D eigenvalue weighted by Crippen LogP contribution is -2.13. The van der Waals surface area contributed by atoms with Crippen LogP contribution in [0.4, 0.5) is 13.9 Å². The Morgan fingerprint density at radius 3 is 2.71 bits per heavy atom. The van der Waals surface area contributed by atoms with Crippen LogP contribution in [0, 0.1) is 11.6 Å². The van der Waals surface area contributed by atoms with Gasteiger partial charge in [0, 0.05) is 16.7 Å². The molecule has 1 aromatic carbocycles. The number of nitrogens with zero attached hydrogens (tertiary/aromatic N) is 3. The standard InChI is InChI=1S/C17H16F2N4OS4/c1-2-3-6-25-16-22-23-17(28-16)27-9-14(24)21-15-20-13(8-26-15)10-4-5-11(18)12(19)7-10/h4-5,7-8H,2-3,6,9H2,1H3,(H,20,21,24). The molecule has 0 fully saturated rings. The summed E-state index contributed by atoms with van der Waals surface area (Å²) in [7, 11) is 0. The molecule has 0 aliphatic carbocycles. The molecule has 3 aromatic rings. The Morgan fingerprint density at radius 2 is 1.96 bits per heavy atom. The number of thiazole rings is 1. The van der Waals surface area contributed by atoms with Gasteiger partial charge >= 0.3 is 0 Å². The second-order valence-corrected chi connectivity index (χ2v) is 9.94. The molecule has 148 valence electrons. The maximum absolute atomic E-state index is 13.3. The second kappa shape index (κ2) is 10.3. The summed E-state index contributed by atoms with van der Waals surface area (Å²) in [6.07, 6.45) is 2.28. The van der Waals surface area contributed by atoms with Crippen LogP contribution in [0.3, 0.4) is 0 Å². The van der Waals surface area contributed by atoms with E-state index in [1.807, 2.05) is 0 Å². The molecule has 0 saturated carbocycles. The van der Waals surface area contributed by atoms with Gasteiger partial charge in [0.2, 0.25) is 5.91 Å². The molecule has 1 amide bonds. The van der Waals surface area contributed by atoms with E-state index in [4.69, 9.17) is 0 Å². The Kier molecular flexibility index (Phi) is 7.77. The van der Waals surface area contributed by atoms with E-state index in [9.17, 15) is 13.6 Å². The lowest BCUT2D eigenvalue weighted by molar-refractivity contribution is -0.113. The van der Waals surface area contributed by atoms with E-state index >= 15 is 0 Å². The van der Waals surface area contributed by atoms with Crippen molar-refractivity contribution >= 4 is 57.2 Å². The van der Waals surface area contributed by atoms with Crippen molar-refractivity contribution < 1.29 is 13.6 Å². The third kappa shape index (κ3) is 5.97. The summed E-state index contributed by atoms with van der Waals surface area (Å²) in [6.45, 7) is 2.14. The number of halogens is 2. The molecular formula is C17H16F2N4OS4. The Labute approximate surface area is 177 Å². The number of amides is 1. The fourth-order valence-electron chi connectivity index (χ4n) is 2.02. The molecule has 2 aromatic heterocycles. The van der Waals surface area contributed by atoms with Crippen LogP contribution in [0.25, 0.3) is 11.3 Å². The molecule has 1 N–H and O–H groups in total. The number of anilines is 1. The SMILES string of the molecule is CCCCSc1nnc(SCC(=O)Nc2nc(-c3ccc(F)c(F)c3)cs2)s1. The Balaban J connectivity index is 1.50. The second-order valence-electron chi connectivity index (χ2n) is 5.54. The first-order chi connectivity index (χ1) is 13.5. The summed E-state index contributed by atoms with van der Waals surface area (Å²) in [6, 6.07) is 3.58. The molecule has 0 unspecified atom stereocenters. The van der Waals surface area contributed by atoms with Crippen LogP contribution < -0.4 is 5.32 Å². The molecule has 2 heterocycles. The van der Waals surface area contributed by atoms with Crippen LogP contribution in [0.2, 0.25) is 0 Å². The molecule has 28 heavy (non-hydrogen) atoms. The first kappa shape index (κ1) is 21.2. The topological polar surface area (TPSA) is 67.8 Å². The quantitative estimate of drug-likeness (QED) is 0.334. The van der Waals surface area contributed by atoms with Crippen LogP contribution in [-0.2, 0) is 4.79 Å². The fraction of sp³-hybridized carbons (Fsp3) is 0.294. The summed E-state index contributed by atoms with van der Waals surface area (Å²) in [4.78, 5) is 16.4. The van der Waals surface area contributed by atoms with E-state index in [0.29, 0.717) is 16.4 Å². The number of unbranched alkanes of at least 4 members (excludes halogenated alkanes) is 1. The van der Waals surface area contributed by atoms with Gasteiger partial charge in [0.1, 0.15) is 0 Å². The number of aromatic nitrogens is 3. The highest BCUT2D eigenvalue weighted by atomic mass is 32.2. The molecule has 0 atom stereocenters. The van der Waals surface area contributed by atoms with Gasteiger partial charge in [0.05, 0.1) is 11.4 Å².